The van der Waals surface area contributed by atoms with Crippen LogP contribution in [0.5, 0.6) is 5.75 Å². The number of ether oxygens (including phenoxy) is 1. The van der Waals surface area contributed by atoms with Crippen LogP contribution in [0.2, 0.25) is 0 Å². The smallest absolute Gasteiger partial charge is 0.308 e. The Labute approximate surface area is 123 Å². The molecule has 0 aliphatic carbocycles. The van der Waals surface area contributed by atoms with E-state index in [0.29, 0.717) is 5.75 Å². The van der Waals surface area contributed by atoms with Crippen molar-refractivity contribution < 1.29 is 13.9 Å². The zero-order valence-corrected chi connectivity index (χ0v) is 12.5. The van der Waals surface area contributed by atoms with Crippen LogP contribution in [0.25, 0.3) is 21.9 Å². The molecule has 0 amide bonds. The van der Waals surface area contributed by atoms with Crippen molar-refractivity contribution in [3.63, 3.8) is 0 Å². The van der Waals surface area contributed by atoms with E-state index in [1.165, 1.54) is 12.5 Å². The van der Waals surface area contributed by atoms with Gasteiger partial charge in [-0.05, 0) is 36.1 Å². The van der Waals surface area contributed by atoms with Gasteiger partial charge >= 0.3 is 5.97 Å². The van der Waals surface area contributed by atoms with Crippen LogP contribution < -0.4 is 4.74 Å². The average Bonchev–Trinajstić information content (AvgIpc) is 2.84. The molecule has 1 heterocycles. The average molecular weight is 282 g/mol. The van der Waals surface area contributed by atoms with E-state index >= 15 is 0 Å². The van der Waals surface area contributed by atoms with Crippen LogP contribution >= 0.6 is 0 Å². The fourth-order valence-corrected chi connectivity index (χ4v) is 2.90. The lowest BCUT2D eigenvalue weighted by Gasteiger charge is -2.13. The Morgan fingerprint density at radius 1 is 1.14 bits per heavy atom. The molecular formula is C18H18O3. The van der Waals surface area contributed by atoms with Crippen molar-refractivity contribution in [1.82, 2.24) is 0 Å². The van der Waals surface area contributed by atoms with Crippen molar-refractivity contribution in [1.29, 1.82) is 0 Å². The van der Waals surface area contributed by atoms with Gasteiger partial charge < -0.3 is 9.15 Å². The predicted molar refractivity (Wildman–Crippen MR) is 83.8 cm³/mol. The van der Waals surface area contributed by atoms with E-state index in [-0.39, 0.29) is 5.97 Å². The first-order chi connectivity index (χ1) is 10.2. The third kappa shape index (κ3) is 2.19. The van der Waals surface area contributed by atoms with E-state index in [1.807, 2.05) is 24.3 Å². The Balaban J connectivity index is 2.46. The minimum Gasteiger partial charge on any atom is -0.456 e. The Kier molecular flexibility index (Phi) is 3.42. The Morgan fingerprint density at radius 3 is 2.57 bits per heavy atom. The van der Waals surface area contributed by atoms with Crippen LogP contribution in [0.3, 0.4) is 0 Å². The summed E-state index contributed by atoms with van der Waals surface area (Å²) in [6, 6.07) is 9.91. The van der Waals surface area contributed by atoms with Gasteiger partial charge in [0.05, 0.1) is 5.39 Å². The molecule has 0 saturated carbocycles. The highest BCUT2D eigenvalue weighted by molar-refractivity contribution is 6.09. The number of benzene rings is 2. The highest BCUT2D eigenvalue weighted by Crippen LogP contribution is 2.40. The first kappa shape index (κ1) is 13.7. The first-order valence-corrected chi connectivity index (χ1v) is 7.30. The third-order valence-corrected chi connectivity index (χ3v) is 3.80. The molecule has 0 atom stereocenters. The number of aryl methyl sites for hydroxylation is 1. The largest absolute Gasteiger partial charge is 0.456 e. The molecule has 1 aromatic heterocycles. The van der Waals surface area contributed by atoms with E-state index in [9.17, 15) is 4.79 Å². The molecule has 3 aromatic rings. The van der Waals surface area contributed by atoms with Crippen LogP contribution in [0, 0.1) is 0 Å². The Morgan fingerprint density at radius 2 is 1.90 bits per heavy atom. The first-order valence-electron chi connectivity index (χ1n) is 7.30. The standard InChI is InChI=1S/C18H18O3/c1-4-12-10-16-17(14-8-6-7-9-15(14)21-16)18(13(12)5-2)20-11(3)19/h6-10H,4-5H2,1-3H3. The molecule has 3 heteroatoms. The molecule has 3 rings (SSSR count). The van der Waals surface area contributed by atoms with E-state index in [2.05, 4.69) is 19.9 Å². The summed E-state index contributed by atoms with van der Waals surface area (Å²) in [5, 5.41) is 1.89. The summed E-state index contributed by atoms with van der Waals surface area (Å²) >= 11 is 0. The van der Waals surface area contributed by atoms with E-state index < -0.39 is 0 Å². The fourth-order valence-electron chi connectivity index (χ4n) is 2.90. The molecular weight excluding hydrogens is 264 g/mol. The Hall–Kier alpha value is -2.29. The summed E-state index contributed by atoms with van der Waals surface area (Å²) in [6.07, 6.45) is 1.70. The molecule has 0 N–H and O–H groups in total. The monoisotopic (exact) mass is 282 g/mol. The summed E-state index contributed by atoms with van der Waals surface area (Å²) in [5.41, 5.74) is 3.85. The minimum atomic E-state index is -0.301. The van der Waals surface area contributed by atoms with Crippen molar-refractivity contribution in [3.05, 3.63) is 41.5 Å². The number of carbonyl (C=O) groups is 1. The number of carbonyl (C=O) groups excluding carboxylic acids is 1. The predicted octanol–water partition coefficient (Wildman–Crippen LogP) is 4.64. The summed E-state index contributed by atoms with van der Waals surface area (Å²) in [6.45, 7) is 5.61. The second-order valence-electron chi connectivity index (χ2n) is 5.12. The number of rotatable bonds is 3. The van der Waals surface area contributed by atoms with Gasteiger partial charge in [-0.2, -0.15) is 0 Å². The quantitative estimate of drug-likeness (QED) is 0.519. The van der Waals surface area contributed by atoms with Gasteiger partial charge in [-0.1, -0.05) is 32.0 Å². The number of hydrogen-bond acceptors (Lipinski definition) is 3. The lowest BCUT2D eigenvalue weighted by molar-refractivity contribution is -0.131. The van der Waals surface area contributed by atoms with Gasteiger partial charge in [0.2, 0.25) is 0 Å². The van der Waals surface area contributed by atoms with Crippen LogP contribution in [0.15, 0.2) is 34.7 Å². The molecule has 0 saturated heterocycles. The van der Waals surface area contributed by atoms with Crippen molar-refractivity contribution in [2.45, 2.75) is 33.6 Å². The van der Waals surface area contributed by atoms with Crippen LogP contribution in [0.4, 0.5) is 0 Å². The van der Waals surface area contributed by atoms with Gasteiger partial charge in [-0.3, -0.25) is 4.79 Å². The zero-order chi connectivity index (χ0) is 15.0. The van der Waals surface area contributed by atoms with E-state index in [1.54, 1.807) is 0 Å². The summed E-state index contributed by atoms with van der Waals surface area (Å²) in [5.74, 6) is 0.355. The number of para-hydroxylation sites is 1. The molecule has 0 fully saturated rings. The lowest BCUT2D eigenvalue weighted by atomic mass is 9.98. The second-order valence-corrected chi connectivity index (χ2v) is 5.12. The SMILES string of the molecule is CCc1cc2oc3ccccc3c2c(OC(C)=O)c1CC. The van der Waals surface area contributed by atoms with Gasteiger partial charge in [0.25, 0.3) is 0 Å². The number of esters is 1. The van der Waals surface area contributed by atoms with Crippen molar-refractivity contribution in [3.8, 4) is 5.75 Å². The molecule has 0 aliphatic heterocycles. The number of hydrogen-bond donors (Lipinski definition) is 0. The van der Waals surface area contributed by atoms with Crippen molar-refractivity contribution >= 4 is 27.9 Å². The summed E-state index contributed by atoms with van der Waals surface area (Å²) < 4.78 is 11.5. The van der Waals surface area contributed by atoms with Gasteiger partial charge in [-0.25, -0.2) is 0 Å². The normalized spacial score (nSPS) is 11.2. The van der Waals surface area contributed by atoms with Gasteiger partial charge in [-0.15, -0.1) is 0 Å². The minimum absolute atomic E-state index is 0.301. The van der Waals surface area contributed by atoms with Gasteiger partial charge in [0, 0.05) is 12.3 Å². The molecule has 0 aliphatic rings. The summed E-state index contributed by atoms with van der Waals surface area (Å²) in [7, 11) is 0. The van der Waals surface area contributed by atoms with Crippen LogP contribution in [-0.4, -0.2) is 5.97 Å². The maximum Gasteiger partial charge on any atom is 0.308 e. The van der Waals surface area contributed by atoms with Crippen LogP contribution in [0.1, 0.15) is 31.9 Å². The Bertz CT molecular complexity index is 827. The third-order valence-electron chi connectivity index (χ3n) is 3.80. The number of furan rings is 1. The number of fused-ring (bicyclic) bond motifs is 3. The second kappa shape index (κ2) is 5.24. The molecule has 0 bridgehead atoms. The maximum atomic E-state index is 11.5. The molecule has 21 heavy (non-hydrogen) atoms. The molecule has 0 radical (unpaired) electrons. The zero-order valence-electron chi connectivity index (χ0n) is 12.5. The van der Waals surface area contributed by atoms with E-state index in [4.69, 9.17) is 9.15 Å². The molecule has 3 nitrogen and oxygen atoms in total. The highest BCUT2D eigenvalue weighted by Gasteiger charge is 2.19. The molecule has 0 unspecified atom stereocenters. The maximum absolute atomic E-state index is 11.5. The molecule has 108 valence electrons. The molecule has 0 spiro atoms. The summed E-state index contributed by atoms with van der Waals surface area (Å²) in [4.78, 5) is 11.5. The van der Waals surface area contributed by atoms with Crippen LogP contribution in [-0.2, 0) is 17.6 Å². The topological polar surface area (TPSA) is 39.4 Å². The van der Waals surface area contributed by atoms with Gasteiger partial charge in [0.15, 0.2) is 0 Å². The molecule has 2 aromatic carbocycles. The van der Waals surface area contributed by atoms with Crippen molar-refractivity contribution in [2.24, 2.45) is 0 Å². The highest BCUT2D eigenvalue weighted by atomic mass is 16.5. The lowest BCUT2D eigenvalue weighted by Crippen LogP contribution is -2.06. The van der Waals surface area contributed by atoms with E-state index in [0.717, 1.165) is 40.3 Å². The fraction of sp³-hybridized carbons (Fsp3) is 0.278. The van der Waals surface area contributed by atoms with Gasteiger partial charge in [0.1, 0.15) is 16.9 Å². The van der Waals surface area contributed by atoms with Crippen molar-refractivity contribution in [2.75, 3.05) is 0 Å².